The van der Waals surface area contributed by atoms with Crippen molar-refractivity contribution in [3.8, 4) is 5.19 Å². The second-order valence-electron chi connectivity index (χ2n) is 3.32. The monoisotopic (exact) mass is 198 g/mol. The summed E-state index contributed by atoms with van der Waals surface area (Å²) in [6.45, 7) is 3.06. The molecule has 1 aromatic heterocycles. The van der Waals surface area contributed by atoms with E-state index in [9.17, 15) is 0 Å². The highest BCUT2D eigenvalue weighted by Crippen LogP contribution is 2.16. The van der Waals surface area contributed by atoms with Gasteiger partial charge in [-0.1, -0.05) is 11.3 Å². The number of ether oxygens (including phenoxy) is 1. The zero-order valence-electron chi connectivity index (χ0n) is 7.53. The van der Waals surface area contributed by atoms with Crippen LogP contribution in [0.15, 0.2) is 11.6 Å². The van der Waals surface area contributed by atoms with Crippen molar-refractivity contribution in [2.24, 2.45) is 5.92 Å². The van der Waals surface area contributed by atoms with Crippen molar-refractivity contribution in [2.45, 2.75) is 12.8 Å². The Labute approximate surface area is 82.1 Å². The van der Waals surface area contributed by atoms with Crippen LogP contribution in [0, 0.1) is 5.92 Å². The van der Waals surface area contributed by atoms with E-state index in [-0.39, 0.29) is 0 Å². The molecule has 0 saturated carbocycles. The zero-order valence-corrected chi connectivity index (χ0v) is 8.35. The lowest BCUT2D eigenvalue weighted by molar-refractivity contribution is 0.218. The molecule has 0 amide bonds. The van der Waals surface area contributed by atoms with Gasteiger partial charge in [0.25, 0.3) is 5.19 Å². The Kier molecular flexibility index (Phi) is 3.16. The molecule has 1 aromatic rings. The van der Waals surface area contributed by atoms with Crippen LogP contribution in [0.3, 0.4) is 0 Å². The third kappa shape index (κ3) is 2.67. The largest absolute Gasteiger partial charge is 0.470 e. The van der Waals surface area contributed by atoms with Gasteiger partial charge in [0.05, 0.1) is 6.61 Å². The van der Waals surface area contributed by atoms with Crippen molar-refractivity contribution in [3.63, 3.8) is 0 Å². The van der Waals surface area contributed by atoms with Crippen LogP contribution in [0.1, 0.15) is 12.8 Å². The Hall–Kier alpha value is -0.610. The van der Waals surface area contributed by atoms with Crippen molar-refractivity contribution in [2.75, 3.05) is 19.7 Å². The van der Waals surface area contributed by atoms with Gasteiger partial charge in [-0.3, -0.25) is 0 Å². The molecule has 1 atom stereocenters. The molecule has 1 N–H and O–H groups in total. The van der Waals surface area contributed by atoms with Crippen LogP contribution in [-0.4, -0.2) is 24.7 Å². The lowest BCUT2D eigenvalue weighted by Gasteiger charge is -2.21. The summed E-state index contributed by atoms with van der Waals surface area (Å²) in [5, 5.41) is 6.10. The first-order valence-electron chi connectivity index (χ1n) is 4.68. The number of nitrogens with zero attached hydrogens (tertiary/aromatic N) is 1. The quantitative estimate of drug-likeness (QED) is 0.799. The molecule has 72 valence electrons. The molecule has 0 aliphatic carbocycles. The van der Waals surface area contributed by atoms with E-state index in [1.807, 2.05) is 5.38 Å². The highest BCUT2D eigenvalue weighted by atomic mass is 32.1. The molecular formula is C9H14N2OS. The molecule has 13 heavy (non-hydrogen) atoms. The third-order valence-electron chi connectivity index (χ3n) is 2.25. The number of nitrogens with one attached hydrogen (secondary N) is 1. The molecule has 1 fully saturated rings. The Morgan fingerprint density at radius 2 is 2.69 bits per heavy atom. The van der Waals surface area contributed by atoms with Crippen LogP contribution in [0.5, 0.6) is 5.19 Å². The fourth-order valence-corrected chi connectivity index (χ4v) is 2.03. The predicted molar refractivity (Wildman–Crippen MR) is 53.2 cm³/mol. The minimum Gasteiger partial charge on any atom is -0.470 e. The van der Waals surface area contributed by atoms with Gasteiger partial charge < -0.3 is 10.1 Å². The second kappa shape index (κ2) is 4.58. The number of aromatic nitrogens is 1. The van der Waals surface area contributed by atoms with Gasteiger partial charge in [0.15, 0.2) is 0 Å². The number of piperidine rings is 1. The summed E-state index contributed by atoms with van der Waals surface area (Å²) in [7, 11) is 0. The first-order chi connectivity index (χ1) is 6.45. The molecule has 1 saturated heterocycles. The summed E-state index contributed by atoms with van der Waals surface area (Å²) in [5.74, 6) is 0.664. The second-order valence-corrected chi connectivity index (χ2v) is 4.18. The summed E-state index contributed by atoms with van der Waals surface area (Å²) < 4.78 is 5.55. The fourth-order valence-electron chi connectivity index (χ4n) is 1.54. The van der Waals surface area contributed by atoms with E-state index in [1.54, 1.807) is 17.5 Å². The Bertz CT molecular complexity index is 232. The number of hydrogen-bond donors (Lipinski definition) is 1. The average molecular weight is 198 g/mol. The van der Waals surface area contributed by atoms with Gasteiger partial charge in [0.2, 0.25) is 0 Å². The molecule has 0 aromatic carbocycles. The van der Waals surface area contributed by atoms with Crippen molar-refractivity contribution >= 4 is 11.3 Å². The summed E-state index contributed by atoms with van der Waals surface area (Å²) in [4.78, 5) is 4.08. The number of thiazole rings is 1. The third-order valence-corrected chi connectivity index (χ3v) is 2.93. The Morgan fingerprint density at radius 1 is 1.69 bits per heavy atom. The zero-order chi connectivity index (χ0) is 8.93. The maximum Gasteiger partial charge on any atom is 0.273 e. The fraction of sp³-hybridized carbons (Fsp3) is 0.667. The normalized spacial score (nSPS) is 22.9. The molecule has 1 aliphatic rings. The summed E-state index contributed by atoms with van der Waals surface area (Å²) in [5.41, 5.74) is 0. The molecule has 0 unspecified atom stereocenters. The van der Waals surface area contributed by atoms with E-state index in [1.165, 1.54) is 12.8 Å². The van der Waals surface area contributed by atoms with Gasteiger partial charge >= 0.3 is 0 Å². The minimum absolute atomic E-state index is 0.664. The van der Waals surface area contributed by atoms with Gasteiger partial charge in [-0.2, -0.15) is 0 Å². The average Bonchev–Trinajstić information content (AvgIpc) is 2.69. The van der Waals surface area contributed by atoms with E-state index in [2.05, 4.69) is 10.3 Å². The number of hydrogen-bond acceptors (Lipinski definition) is 4. The van der Waals surface area contributed by atoms with Crippen LogP contribution in [0.4, 0.5) is 0 Å². The van der Waals surface area contributed by atoms with Gasteiger partial charge in [0.1, 0.15) is 0 Å². The van der Waals surface area contributed by atoms with E-state index in [0.717, 1.165) is 24.9 Å². The first kappa shape index (κ1) is 8.97. The standard InChI is InChI=1S/C9H14N2OS/c1-2-8(6-10-3-1)7-12-9-11-4-5-13-9/h4-5,8,10H,1-3,6-7H2/t8-/m0/s1. The molecule has 4 heteroatoms. The predicted octanol–water partition coefficient (Wildman–Crippen LogP) is 1.52. The molecule has 0 bridgehead atoms. The van der Waals surface area contributed by atoms with Crippen LogP contribution in [0.2, 0.25) is 0 Å². The molecule has 3 nitrogen and oxygen atoms in total. The van der Waals surface area contributed by atoms with Gasteiger partial charge in [-0.15, -0.1) is 0 Å². The maximum absolute atomic E-state index is 5.55. The maximum atomic E-state index is 5.55. The molecular weight excluding hydrogens is 184 g/mol. The first-order valence-corrected chi connectivity index (χ1v) is 5.56. The van der Waals surface area contributed by atoms with Crippen molar-refractivity contribution < 1.29 is 4.74 Å². The Morgan fingerprint density at radius 3 is 3.38 bits per heavy atom. The van der Waals surface area contributed by atoms with Crippen molar-refractivity contribution in [3.05, 3.63) is 11.6 Å². The number of rotatable bonds is 3. The van der Waals surface area contributed by atoms with Gasteiger partial charge in [-0.25, -0.2) is 4.98 Å². The van der Waals surface area contributed by atoms with Gasteiger partial charge in [-0.05, 0) is 19.4 Å². The smallest absolute Gasteiger partial charge is 0.273 e. The molecule has 0 radical (unpaired) electrons. The summed E-state index contributed by atoms with van der Waals surface area (Å²) in [6.07, 6.45) is 4.32. The van der Waals surface area contributed by atoms with Gasteiger partial charge in [0, 0.05) is 24.0 Å². The van der Waals surface area contributed by atoms with Crippen molar-refractivity contribution in [1.82, 2.24) is 10.3 Å². The lowest BCUT2D eigenvalue weighted by Crippen LogP contribution is -2.32. The molecule has 0 spiro atoms. The van der Waals surface area contributed by atoms with Crippen molar-refractivity contribution in [1.29, 1.82) is 0 Å². The molecule has 1 aliphatic heterocycles. The van der Waals surface area contributed by atoms with E-state index in [4.69, 9.17) is 4.74 Å². The highest BCUT2D eigenvalue weighted by molar-refractivity contribution is 7.11. The molecule has 2 rings (SSSR count). The van der Waals surface area contributed by atoms with Crippen LogP contribution in [0.25, 0.3) is 0 Å². The summed E-state index contributed by atoms with van der Waals surface area (Å²) in [6, 6.07) is 0. The SMILES string of the molecule is c1csc(OC[C@H]2CCCNC2)n1. The van der Waals surface area contributed by atoms with Crippen LogP contribution in [-0.2, 0) is 0 Å². The highest BCUT2D eigenvalue weighted by Gasteiger charge is 2.13. The minimum atomic E-state index is 0.664. The van der Waals surface area contributed by atoms with E-state index >= 15 is 0 Å². The van der Waals surface area contributed by atoms with E-state index < -0.39 is 0 Å². The van der Waals surface area contributed by atoms with Crippen LogP contribution >= 0.6 is 11.3 Å². The lowest BCUT2D eigenvalue weighted by atomic mass is 10.0. The Balaban J connectivity index is 1.72. The topological polar surface area (TPSA) is 34.1 Å². The summed E-state index contributed by atoms with van der Waals surface area (Å²) >= 11 is 1.56. The van der Waals surface area contributed by atoms with Crippen LogP contribution < -0.4 is 10.1 Å². The van der Waals surface area contributed by atoms with E-state index in [0.29, 0.717) is 5.92 Å². The molecule has 2 heterocycles.